The number of carbonyl (C=O) groups excluding carboxylic acids is 3. The Kier molecular flexibility index (Phi) is 7.51. The summed E-state index contributed by atoms with van der Waals surface area (Å²) in [5, 5.41) is 13.0. The number of Topliss-reactive ketones (excluding diaryl/α,β-unsaturated/α-hetero) is 1. The lowest BCUT2D eigenvalue weighted by molar-refractivity contribution is -0.384. The zero-order valence-electron chi connectivity index (χ0n) is 14.2. The standard InChI is InChI=1S/C16H20N2O7/c1-10(2)8-25-16(21)17-11(3)15(20)24-9-14(19)12-5-4-6-13(7-12)18(22)23/h4-7,10-11H,8-9H2,1-3H3,(H,17,21)/t11-/m0/s1. The first-order valence-corrected chi connectivity index (χ1v) is 7.58. The van der Waals surface area contributed by atoms with Crippen LogP contribution in [0, 0.1) is 16.0 Å². The summed E-state index contributed by atoms with van der Waals surface area (Å²) in [4.78, 5) is 45.2. The molecule has 0 fully saturated rings. The Morgan fingerprint density at radius 1 is 1.20 bits per heavy atom. The number of amides is 1. The monoisotopic (exact) mass is 352 g/mol. The Bertz CT molecular complexity index is 658. The molecule has 0 saturated heterocycles. The first-order valence-electron chi connectivity index (χ1n) is 7.58. The summed E-state index contributed by atoms with van der Waals surface area (Å²) in [6, 6.07) is 4.09. The van der Waals surface area contributed by atoms with Gasteiger partial charge in [-0.25, -0.2) is 9.59 Å². The maximum atomic E-state index is 11.9. The molecule has 0 spiro atoms. The van der Waals surface area contributed by atoms with Crippen molar-refractivity contribution in [2.24, 2.45) is 5.92 Å². The molecule has 1 rings (SSSR count). The highest BCUT2D eigenvalue weighted by molar-refractivity contribution is 5.98. The molecular formula is C16H20N2O7. The molecule has 1 amide bonds. The van der Waals surface area contributed by atoms with E-state index in [0.29, 0.717) is 0 Å². The van der Waals surface area contributed by atoms with Gasteiger partial charge < -0.3 is 14.8 Å². The van der Waals surface area contributed by atoms with Crippen LogP contribution in [-0.2, 0) is 14.3 Å². The number of nitro benzene ring substituents is 1. The summed E-state index contributed by atoms with van der Waals surface area (Å²) in [6.45, 7) is 4.73. The van der Waals surface area contributed by atoms with Crippen LogP contribution >= 0.6 is 0 Å². The van der Waals surface area contributed by atoms with Crippen molar-refractivity contribution in [3.05, 3.63) is 39.9 Å². The molecule has 9 nitrogen and oxygen atoms in total. The number of ether oxygens (including phenoxy) is 2. The highest BCUT2D eigenvalue weighted by atomic mass is 16.6. The third-order valence-corrected chi connectivity index (χ3v) is 2.96. The molecule has 0 bridgehead atoms. The molecule has 9 heteroatoms. The number of hydrogen-bond acceptors (Lipinski definition) is 7. The Morgan fingerprint density at radius 3 is 2.48 bits per heavy atom. The van der Waals surface area contributed by atoms with Crippen LogP contribution in [0.1, 0.15) is 31.1 Å². The smallest absolute Gasteiger partial charge is 0.407 e. The number of nitro groups is 1. The van der Waals surface area contributed by atoms with Gasteiger partial charge in [-0.05, 0) is 12.8 Å². The molecule has 0 aliphatic heterocycles. The summed E-state index contributed by atoms with van der Waals surface area (Å²) >= 11 is 0. The van der Waals surface area contributed by atoms with Gasteiger partial charge in [-0.1, -0.05) is 26.0 Å². The summed E-state index contributed by atoms with van der Waals surface area (Å²) < 4.78 is 9.68. The molecule has 0 heterocycles. The van der Waals surface area contributed by atoms with Crippen LogP contribution in [-0.4, -0.2) is 42.0 Å². The summed E-state index contributed by atoms with van der Waals surface area (Å²) in [6.07, 6.45) is -0.761. The van der Waals surface area contributed by atoms with Crippen LogP contribution in [0.3, 0.4) is 0 Å². The summed E-state index contributed by atoms with van der Waals surface area (Å²) in [5.74, 6) is -1.26. The Morgan fingerprint density at radius 2 is 1.88 bits per heavy atom. The van der Waals surface area contributed by atoms with Gasteiger partial charge in [-0.15, -0.1) is 0 Å². The van der Waals surface area contributed by atoms with Gasteiger partial charge in [-0.3, -0.25) is 14.9 Å². The maximum absolute atomic E-state index is 11.9. The highest BCUT2D eigenvalue weighted by Gasteiger charge is 2.20. The molecule has 0 aliphatic rings. The number of rotatable bonds is 8. The van der Waals surface area contributed by atoms with Gasteiger partial charge in [0.05, 0.1) is 11.5 Å². The first kappa shape index (κ1) is 20.1. The van der Waals surface area contributed by atoms with Crippen molar-refractivity contribution < 1.29 is 28.8 Å². The van der Waals surface area contributed by atoms with Crippen LogP contribution in [0.4, 0.5) is 10.5 Å². The molecular weight excluding hydrogens is 332 g/mol. The topological polar surface area (TPSA) is 125 Å². The number of carbonyl (C=O) groups is 3. The van der Waals surface area contributed by atoms with Crippen molar-refractivity contribution in [2.45, 2.75) is 26.8 Å². The zero-order valence-corrected chi connectivity index (χ0v) is 14.2. The molecule has 1 aromatic rings. The maximum Gasteiger partial charge on any atom is 0.407 e. The number of non-ortho nitro benzene ring substituents is 1. The van der Waals surface area contributed by atoms with Crippen LogP contribution < -0.4 is 5.32 Å². The fourth-order valence-electron chi connectivity index (χ4n) is 1.66. The minimum absolute atomic E-state index is 0.0546. The van der Waals surface area contributed by atoms with E-state index in [4.69, 9.17) is 9.47 Å². The van der Waals surface area contributed by atoms with Crippen molar-refractivity contribution >= 4 is 23.5 Å². The van der Waals surface area contributed by atoms with Crippen molar-refractivity contribution in [3.63, 3.8) is 0 Å². The van der Waals surface area contributed by atoms with E-state index in [2.05, 4.69) is 5.32 Å². The largest absolute Gasteiger partial charge is 0.456 e. The van der Waals surface area contributed by atoms with Crippen LogP contribution in [0.5, 0.6) is 0 Å². The van der Waals surface area contributed by atoms with E-state index in [0.717, 1.165) is 6.07 Å². The van der Waals surface area contributed by atoms with Gasteiger partial charge in [0.1, 0.15) is 6.04 Å². The highest BCUT2D eigenvalue weighted by Crippen LogP contribution is 2.13. The fourth-order valence-corrected chi connectivity index (χ4v) is 1.66. The number of alkyl carbamates (subject to hydrolysis) is 1. The Labute approximate surface area is 144 Å². The molecule has 136 valence electrons. The van der Waals surface area contributed by atoms with E-state index >= 15 is 0 Å². The Balaban J connectivity index is 2.49. The number of nitrogens with one attached hydrogen (secondary N) is 1. The molecule has 0 aliphatic carbocycles. The molecule has 1 atom stereocenters. The quantitative estimate of drug-likeness (QED) is 0.329. The molecule has 25 heavy (non-hydrogen) atoms. The minimum Gasteiger partial charge on any atom is -0.456 e. The number of benzene rings is 1. The number of hydrogen-bond donors (Lipinski definition) is 1. The number of esters is 1. The van der Waals surface area contributed by atoms with E-state index in [-0.39, 0.29) is 23.8 Å². The van der Waals surface area contributed by atoms with Crippen molar-refractivity contribution in [2.75, 3.05) is 13.2 Å². The average Bonchev–Trinajstić information content (AvgIpc) is 2.57. The van der Waals surface area contributed by atoms with Gasteiger partial charge in [0.2, 0.25) is 5.78 Å². The van der Waals surface area contributed by atoms with Gasteiger partial charge in [0.15, 0.2) is 6.61 Å². The number of ketones is 1. The molecule has 1 aromatic carbocycles. The lowest BCUT2D eigenvalue weighted by Crippen LogP contribution is -2.40. The molecule has 0 aromatic heterocycles. The second kappa shape index (κ2) is 9.36. The average molecular weight is 352 g/mol. The molecule has 0 radical (unpaired) electrons. The van der Waals surface area contributed by atoms with Gasteiger partial charge in [-0.2, -0.15) is 0 Å². The molecule has 0 saturated carbocycles. The van der Waals surface area contributed by atoms with Crippen molar-refractivity contribution in [3.8, 4) is 0 Å². The SMILES string of the molecule is CC(C)COC(=O)N[C@@H](C)C(=O)OCC(=O)c1cccc([N+](=O)[O-])c1. The molecule has 0 unspecified atom stereocenters. The van der Waals surface area contributed by atoms with Crippen LogP contribution in [0.25, 0.3) is 0 Å². The van der Waals surface area contributed by atoms with Crippen molar-refractivity contribution in [1.82, 2.24) is 5.32 Å². The predicted octanol–water partition coefficient (Wildman–Crippen LogP) is 2.09. The van der Waals surface area contributed by atoms with Gasteiger partial charge in [0.25, 0.3) is 5.69 Å². The first-order chi connectivity index (χ1) is 11.7. The summed E-state index contributed by atoms with van der Waals surface area (Å²) in [7, 11) is 0. The van der Waals surface area contributed by atoms with Gasteiger partial charge in [0, 0.05) is 17.7 Å². The predicted molar refractivity (Wildman–Crippen MR) is 87.2 cm³/mol. The second-order valence-electron chi connectivity index (χ2n) is 5.70. The van der Waals surface area contributed by atoms with E-state index < -0.39 is 35.4 Å². The van der Waals surface area contributed by atoms with Gasteiger partial charge >= 0.3 is 12.1 Å². The zero-order chi connectivity index (χ0) is 19.0. The Hall–Kier alpha value is -2.97. The van der Waals surface area contributed by atoms with E-state index in [1.165, 1.54) is 25.1 Å². The van der Waals surface area contributed by atoms with Crippen LogP contribution in [0.2, 0.25) is 0 Å². The van der Waals surface area contributed by atoms with Crippen molar-refractivity contribution in [1.29, 1.82) is 0 Å². The second-order valence-corrected chi connectivity index (χ2v) is 5.70. The normalized spacial score (nSPS) is 11.5. The van der Waals surface area contributed by atoms with Crippen LogP contribution in [0.15, 0.2) is 24.3 Å². The fraction of sp³-hybridized carbons (Fsp3) is 0.438. The van der Waals surface area contributed by atoms with E-state index in [9.17, 15) is 24.5 Å². The third-order valence-electron chi connectivity index (χ3n) is 2.96. The van der Waals surface area contributed by atoms with E-state index in [1.54, 1.807) is 0 Å². The van der Waals surface area contributed by atoms with E-state index in [1.807, 2.05) is 13.8 Å². The summed E-state index contributed by atoms with van der Waals surface area (Å²) in [5.41, 5.74) is -0.181. The third kappa shape index (κ3) is 6.98. The minimum atomic E-state index is -1.00. The molecule has 1 N–H and O–H groups in total. The lowest BCUT2D eigenvalue weighted by Gasteiger charge is -2.14. The lowest BCUT2D eigenvalue weighted by atomic mass is 10.1. The number of nitrogens with zero attached hydrogens (tertiary/aromatic N) is 1.